The molecule has 0 radical (unpaired) electrons. The lowest BCUT2D eigenvalue weighted by Crippen LogP contribution is -2.50. The number of carbonyl (C=O) groups is 1. The minimum Gasteiger partial charge on any atom is -0.340 e. The van der Waals surface area contributed by atoms with E-state index in [1.165, 1.54) is 12.8 Å². The Morgan fingerprint density at radius 1 is 1.22 bits per heavy atom. The number of carbonyl (C=O) groups excluding carboxylic acids is 1. The molecule has 2 unspecified atom stereocenters. The van der Waals surface area contributed by atoms with E-state index in [1.54, 1.807) is 0 Å². The van der Waals surface area contributed by atoms with E-state index >= 15 is 0 Å². The Hall–Kier alpha value is -0.570. The summed E-state index contributed by atoms with van der Waals surface area (Å²) in [5, 5.41) is 3.65. The van der Waals surface area contributed by atoms with Gasteiger partial charge in [-0.2, -0.15) is 0 Å². The molecule has 0 aromatic heterocycles. The van der Waals surface area contributed by atoms with Crippen LogP contribution in [0.4, 0.5) is 0 Å². The fourth-order valence-corrected chi connectivity index (χ4v) is 3.48. The van der Waals surface area contributed by atoms with Crippen molar-refractivity contribution in [3.63, 3.8) is 0 Å². The van der Waals surface area contributed by atoms with E-state index in [1.807, 2.05) is 0 Å². The van der Waals surface area contributed by atoms with Crippen LogP contribution in [0.2, 0.25) is 0 Å². The van der Waals surface area contributed by atoms with Crippen molar-refractivity contribution in [1.82, 2.24) is 10.2 Å². The summed E-state index contributed by atoms with van der Waals surface area (Å²) in [5.74, 6) is 0.344. The lowest BCUT2D eigenvalue weighted by molar-refractivity contribution is -0.136. The van der Waals surface area contributed by atoms with Crippen LogP contribution >= 0.6 is 0 Å². The van der Waals surface area contributed by atoms with Crippen molar-refractivity contribution in [2.75, 3.05) is 6.54 Å². The van der Waals surface area contributed by atoms with Crippen LogP contribution in [-0.2, 0) is 4.79 Å². The Balaban J connectivity index is 1.98. The highest BCUT2D eigenvalue weighted by atomic mass is 16.2. The Labute approximate surface area is 111 Å². The summed E-state index contributed by atoms with van der Waals surface area (Å²) in [6, 6.07) is 1.79. The largest absolute Gasteiger partial charge is 0.340 e. The van der Waals surface area contributed by atoms with Crippen LogP contribution in [0.25, 0.3) is 0 Å². The molecule has 3 heteroatoms. The van der Waals surface area contributed by atoms with Gasteiger partial charge in [-0.3, -0.25) is 4.79 Å². The topological polar surface area (TPSA) is 32.3 Å². The lowest BCUT2D eigenvalue weighted by atomic mass is 9.90. The molecule has 3 nitrogen and oxygen atoms in total. The third-order valence-corrected chi connectivity index (χ3v) is 4.23. The third-order valence-electron chi connectivity index (χ3n) is 4.23. The summed E-state index contributed by atoms with van der Waals surface area (Å²) >= 11 is 0. The van der Waals surface area contributed by atoms with Crippen LogP contribution in [-0.4, -0.2) is 35.5 Å². The zero-order valence-electron chi connectivity index (χ0n) is 12.3. The summed E-state index contributed by atoms with van der Waals surface area (Å²) in [7, 11) is 0. The van der Waals surface area contributed by atoms with E-state index in [-0.39, 0.29) is 5.41 Å². The molecule has 1 N–H and O–H groups in total. The molecule has 2 atom stereocenters. The fraction of sp³-hybridized carbons (Fsp3) is 0.933. The summed E-state index contributed by atoms with van der Waals surface area (Å²) in [6.07, 6.45) is 5.57. The van der Waals surface area contributed by atoms with Gasteiger partial charge >= 0.3 is 0 Å². The van der Waals surface area contributed by atoms with E-state index in [2.05, 4.69) is 37.9 Å². The number of piperidine rings is 1. The number of rotatable bonds is 3. The zero-order valence-corrected chi connectivity index (χ0v) is 12.3. The first-order chi connectivity index (χ1) is 8.39. The van der Waals surface area contributed by atoms with Gasteiger partial charge in [0, 0.05) is 31.1 Å². The van der Waals surface area contributed by atoms with Crippen LogP contribution in [0.5, 0.6) is 0 Å². The summed E-state index contributed by atoms with van der Waals surface area (Å²) < 4.78 is 0. The third kappa shape index (κ3) is 3.25. The van der Waals surface area contributed by atoms with Gasteiger partial charge in [-0.25, -0.2) is 0 Å². The number of nitrogens with zero attached hydrogens (tertiary/aromatic N) is 1. The number of hydrogen-bond acceptors (Lipinski definition) is 2. The van der Waals surface area contributed by atoms with Crippen molar-refractivity contribution in [2.24, 2.45) is 5.41 Å². The first-order valence-electron chi connectivity index (χ1n) is 7.44. The normalized spacial score (nSPS) is 31.4. The van der Waals surface area contributed by atoms with Gasteiger partial charge in [0.05, 0.1) is 0 Å². The van der Waals surface area contributed by atoms with Crippen molar-refractivity contribution in [1.29, 1.82) is 0 Å². The molecule has 18 heavy (non-hydrogen) atoms. The Morgan fingerprint density at radius 3 is 2.22 bits per heavy atom. The highest BCUT2D eigenvalue weighted by Crippen LogP contribution is 2.31. The molecule has 0 aliphatic carbocycles. The molecule has 2 saturated heterocycles. The quantitative estimate of drug-likeness (QED) is 0.837. The standard InChI is InChI=1S/C15H28N2O/c1-5-17(14(18)10-15(2,3)4)13-8-11-6-7-12(9-13)16-11/h11-13,16H,5-10H2,1-4H3. The van der Waals surface area contributed by atoms with Crippen molar-refractivity contribution in [3.8, 4) is 0 Å². The van der Waals surface area contributed by atoms with E-state index < -0.39 is 0 Å². The van der Waals surface area contributed by atoms with E-state index in [4.69, 9.17) is 0 Å². The Morgan fingerprint density at radius 2 is 1.78 bits per heavy atom. The van der Waals surface area contributed by atoms with Crippen molar-refractivity contribution in [2.45, 2.75) is 77.9 Å². The first-order valence-corrected chi connectivity index (χ1v) is 7.44. The number of nitrogens with one attached hydrogen (secondary N) is 1. The molecule has 0 spiro atoms. The average Bonchev–Trinajstić information content (AvgIpc) is 2.56. The van der Waals surface area contributed by atoms with Crippen LogP contribution < -0.4 is 5.32 Å². The van der Waals surface area contributed by atoms with Crippen LogP contribution in [0.3, 0.4) is 0 Å². The molecule has 2 aliphatic rings. The predicted molar refractivity (Wildman–Crippen MR) is 74.4 cm³/mol. The van der Waals surface area contributed by atoms with Crippen LogP contribution in [0.15, 0.2) is 0 Å². The molecule has 2 heterocycles. The smallest absolute Gasteiger partial charge is 0.223 e. The van der Waals surface area contributed by atoms with Crippen molar-refractivity contribution in [3.05, 3.63) is 0 Å². The second-order valence-corrected chi connectivity index (χ2v) is 7.18. The molecule has 0 saturated carbocycles. The number of amides is 1. The average molecular weight is 252 g/mol. The molecule has 2 rings (SSSR count). The summed E-state index contributed by atoms with van der Waals surface area (Å²) in [6.45, 7) is 9.41. The minimum atomic E-state index is 0.0937. The first kappa shape index (κ1) is 13.9. The Kier molecular flexibility index (Phi) is 4.00. The molecule has 0 aromatic rings. The fourth-order valence-electron chi connectivity index (χ4n) is 3.48. The molecular weight excluding hydrogens is 224 g/mol. The molecule has 2 bridgehead atoms. The molecule has 104 valence electrons. The van der Waals surface area contributed by atoms with E-state index in [9.17, 15) is 4.79 Å². The van der Waals surface area contributed by atoms with Crippen molar-refractivity contribution < 1.29 is 4.79 Å². The maximum absolute atomic E-state index is 12.4. The van der Waals surface area contributed by atoms with Gasteiger partial charge in [-0.15, -0.1) is 0 Å². The second kappa shape index (κ2) is 5.20. The monoisotopic (exact) mass is 252 g/mol. The predicted octanol–water partition coefficient (Wildman–Crippen LogP) is 2.55. The van der Waals surface area contributed by atoms with Gasteiger partial charge in [-0.05, 0) is 38.0 Å². The van der Waals surface area contributed by atoms with Crippen LogP contribution in [0, 0.1) is 5.41 Å². The van der Waals surface area contributed by atoms with Gasteiger partial charge in [0.25, 0.3) is 0 Å². The molecule has 1 amide bonds. The second-order valence-electron chi connectivity index (χ2n) is 7.18. The van der Waals surface area contributed by atoms with Gasteiger partial charge in [-0.1, -0.05) is 20.8 Å². The maximum atomic E-state index is 12.4. The van der Waals surface area contributed by atoms with E-state index in [0.717, 1.165) is 19.4 Å². The van der Waals surface area contributed by atoms with E-state index in [0.29, 0.717) is 30.5 Å². The highest BCUT2D eigenvalue weighted by molar-refractivity contribution is 5.77. The number of hydrogen-bond donors (Lipinski definition) is 1. The van der Waals surface area contributed by atoms with Gasteiger partial charge in [0.1, 0.15) is 0 Å². The molecular formula is C15H28N2O. The SMILES string of the molecule is CCN(C(=O)CC(C)(C)C)C1CC2CCC(C1)N2. The minimum absolute atomic E-state index is 0.0937. The maximum Gasteiger partial charge on any atom is 0.223 e. The van der Waals surface area contributed by atoms with Gasteiger partial charge in [0.15, 0.2) is 0 Å². The summed E-state index contributed by atoms with van der Waals surface area (Å²) in [4.78, 5) is 14.6. The lowest BCUT2D eigenvalue weighted by Gasteiger charge is -2.38. The Bertz CT molecular complexity index is 296. The molecule has 2 fully saturated rings. The molecule has 2 aliphatic heterocycles. The van der Waals surface area contributed by atoms with Gasteiger partial charge < -0.3 is 10.2 Å². The highest BCUT2D eigenvalue weighted by Gasteiger charge is 2.37. The van der Waals surface area contributed by atoms with Crippen molar-refractivity contribution >= 4 is 5.91 Å². The summed E-state index contributed by atoms with van der Waals surface area (Å²) in [5.41, 5.74) is 0.0937. The van der Waals surface area contributed by atoms with Crippen LogP contribution in [0.1, 0.15) is 59.8 Å². The number of fused-ring (bicyclic) bond motifs is 2. The zero-order chi connectivity index (χ0) is 13.3. The molecule has 0 aromatic carbocycles. The van der Waals surface area contributed by atoms with Gasteiger partial charge in [0.2, 0.25) is 5.91 Å².